The van der Waals surface area contributed by atoms with E-state index in [1.54, 1.807) is 11.3 Å². The lowest BCUT2D eigenvalue weighted by atomic mass is 10.1. The summed E-state index contributed by atoms with van der Waals surface area (Å²) >= 11 is 1.59. The van der Waals surface area contributed by atoms with Gasteiger partial charge in [-0.25, -0.2) is 4.79 Å². The van der Waals surface area contributed by atoms with E-state index in [2.05, 4.69) is 24.1 Å². The number of methoxy groups -OCH3 is 1. The third kappa shape index (κ3) is 4.40. The van der Waals surface area contributed by atoms with Crippen LogP contribution in [0.2, 0.25) is 0 Å². The Hall–Kier alpha value is -0.910. The maximum absolute atomic E-state index is 11.7. The van der Waals surface area contributed by atoms with Crippen molar-refractivity contribution in [2.45, 2.75) is 19.9 Å². The van der Waals surface area contributed by atoms with Crippen molar-refractivity contribution < 1.29 is 9.53 Å². The lowest BCUT2D eigenvalue weighted by molar-refractivity contribution is -0.143. The Balaban J connectivity index is 2.50. The monoisotopic (exact) mass is 270 g/mol. The minimum Gasteiger partial charge on any atom is -0.468 e. The lowest BCUT2D eigenvalue weighted by Gasteiger charge is -2.20. The number of rotatable bonds is 8. The van der Waals surface area contributed by atoms with Crippen LogP contribution < -0.4 is 5.32 Å². The van der Waals surface area contributed by atoms with E-state index in [0.717, 1.165) is 31.7 Å². The normalized spacial score (nSPS) is 12.7. The molecule has 1 aromatic heterocycles. The van der Waals surface area contributed by atoms with Gasteiger partial charge in [-0.2, -0.15) is 11.3 Å². The highest BCUT2D eigenvalue weighted by Crippen LogP contribution is 2.17. The summed E-state index contributed by atoms with van der Waals surface area (Å²) in [5.41, 5.74) is 0.978. The molecular formula is C13H22N2O2S. The number of nitrogens with zero attached hydrogens (tertiary/aromatic N) is 1. The average Bonchev–Trinajstić information content (AvgIpc) is 2.92. The van der Waals surface area contributed by atoms with Crippen molar-refractivity contribution in [1.82, 2.24) is 10.2 Å². The number of carbonyl (C=O) groups is 1. The van der Waals surface area contributed by atoms with E-state index in [4.69, 9.17) is 4.74 Å². The number of thiophene rings is 1. The van der Waals surface area contributed by atoms with Crippen molar-refractivity contribution in [3.63, 3.8) is 0 Å². The highest BCUT2D eigenvalue weighted by Gasteiger charge is 2.20. The first-order valence-corrected chi connectivity index (χ1v) is 7.22. The van der Waals surface area contributed by atoms with Crippen LogP contribution in [0.15, 0.2) is 16.8 Å². The van der Waals surface area contributed by atoms with Crippen molar-refractivity contribution >= 4 is 17.3 Å². The van der Waals surface area contributed by atoms with Crippen LogP contribution in [0.5, 0.6) is 0 Å². The van der Waals surface area contributed by atoms with Gasteiger partial charge in [0.1, 0.15) is 6.04 Å². The number of likely N-dealkylation sites (N-methyl/N-ethyl adjacent to an activating group) is 1. The highest BCUT2D eigenvalue weighted by atomic mass is 32.1. The van der Waals surface area contributed by atoms with E-state index < -0.39 is 0 Å². The van der Waals surface area contributed by atoms with Crippen LogP contribution in [0, 0.1) is 0 Å². The molecular weight excluding hydrogens is 248 g/mol. The number of carbonyl (C=O) groups excluding carboxylic acids is 1. The first-order chi connectivity index (χ1) is 8.72. The molecule has 1 rings (SSSR count). The molecule has 1 aromatic rings. The fourth-order valence-electron chi connectivity index (χ4n) is 1.80. The zero-order chi connectivity index (χ0) is 13.4. The number of hydrogen-bond donors (Lipinski definition) is 1. The predicted molar refractivity (Wildman–Crippen MR) is 74.9 cm³/mol. The van der Waals surface area contributed by atoms with Crippen LogP contribution >= 0.6 is 11.3 Å². The molecule has 0 saturated carbocycles. The van der Waals surface area contributed by atoms with Gasteiger partial charge in [-0.05, 0) is 35.5 Å². The van der Waals surface area contributed by atoms with Crippen LogP contribution in [-0.4, -0.2) is 44.2 Å². The Morgan fingerprint density at radius 2 is 2.22 bits per heavy atom. The summed E-state index contributed by atoms with van der Waals surface area (Å²) in [4.78, 5) is 14.0. The number of hydrogen-bond acceptors (Lipinski definition) is 5. The minimum atomic E-state index is -0.350. The molecule has 0 aliphatic rings. The summed E-state index contributed by atoms with van der Waals surface area (Å²) in [7, 11) is 1.42. The third-order valence-corrected chi connectivity index (χ3v) is 3.69. The molecule has 0 amide bonds. The standard InChI is InChI=1S/C13H22N2O2S/c1-4-15(5-2)8-7-14-12(13(16)17-3)11-6-9-18-10-11/h6,9-10,12,14H,4-5,7-8H2,1-3H3. The van der Waals surface area contributed by atoms with Gasteiger partial charge in [0.25, 0.3) is 0 Å². The van der Waals surface area contributed by atoms with Gasteiger partial charge in [0, 0.05) is 13.1 Å². The van der Waals surface area contributed by atoms with E-state index in [1.807, 2.05) is 16.8 Å². The van der Waals surface area contributed by atoms with Gasteiger partial charge in [0.2, 0.25) is 0 Å². The molecule has 0 aromatic carbocycles. The van der Waals surface area contributed by atoms with Crippen LogP contribution in [0.4, 0.5) is 0 Å². The van der Waals surface area contributed by atoms with Crippen LogP contribution in [0.3, 0.4) is 0 Å². The topological polar surface area (TPSA) is 41.6 Å². The first-order valence-electron chi connectivity index (χ1n) is 6.28. The number of ether oxygens (including phenoxy) is 1. The molecule has 0 bridgehead atoms. The molecule has 0 saturated heterocycles. The maximum Gasteiger partial charge on any atom is 0.327 e. The maximum atomic E-state index is 11.7. The van der Waals surface area contributed by atoms with Gasteiger partial charge < -0.3 is 9.64 Å². The second-order valence-electron chi connectivity index (χ2n) is 3.99. The molecule has 0 fully saturated rings. The molecule has 1 N–H and O–H groups in total. The molecule has 1 heterocycles. The molecule has 0 aliphatic heterocycles. The molecule has 0 radical (unpaired) electrons. The lowest BCUT2D eigenvalue weighted by Crippen LogP contribution is -2.36. The second-order valence-corrected chi connectivity index (χ2v) is 4.77. The van der Waals surface area contributed by atoms with Gasteiger partial charge in [-0.15, -0.1) is 0 Å². The zero-order valence-electron chi connectivity index (χ0n) is 11.3. The number of nitrogens with one attached hydrogen (secondary N) is 1. The van der Waals surface area contributed by atoms with Gasteiger partial charge in [0.15, 0.2) is 0 Å². The van der Waals surface area contributed by atoms with Crippen LogP contribution in [-0.2, 0) is 9.53 Å². The van der Waals surface area contributed by atoms with Crippen molar-refractivity contribution in [2.24, 2.45) is 0 Å². The van der Waals surface area contributed by atoms with Crippen LogP contribution in [0.1, 0.15) is 25.5 Å². The van der Waals surface area contributed by atoms with Crippen molar-refractivity contribution in [3.05, 3.63) is 22.4 Å². The van der Waals surface area contributed by atoms with E-state index in [1.165, 1.54) is 7.11 Å². The summed E-state index contributed by atoms with van der Waals surface area (Å²) in [5, 5.41) is 7.21. The van der Waals surface area contributed by atoms with Gasteiger partial charge in [-0.3, -0.25) is 5.32 Å². The Kier molecular flexibility index (Phi) is 6.93. The predicted octanol–water partition coefficient (Wildman–Crippen LogP) is 1.89. The molecule has 102 valence electrons. The highest BCUT2D eigenvalue weighted by molar-refractivity contribution is 7.08. The smallest absolute Gasteiger partial charge is 0.327 e. The summed E-state index contributed by atoms with van der Waals surface area (Å²) in [5.74, 6) is -0.229. The van der Waals surface area contributed by atoms with E-state index >= 15 is 0 Å². The van der Waals surface area contributed by atoms with Crippen molar-refractivity contribution in [2.75, 3.05) is 33.3 Å². The quantitative estimate of drug-likeness (QED) is 0.733. The first kappa shape index (κ1) is 15.1. The third-order valence-electron chi connectivity index (χ3n) is 2.98. The Bertz CT molecular complexity index is 337. The summed E-state index contributed by atoms with van der Waals surface area (Å²) < 4.78 is 4.84. The molecule has 4 nitrogen and oxygen atoms in total. The number of esters is 1. The Morgan fingerprint density at radius 1 is 1.50 bits per heavy atom. The summed E-state index contributed by atoms with van der Waals surface area (Å²) in [6.07, 6.45) is 0. The molecule has 0 spiro atoms. The molecule has 1 unspecified atom stereocenters. The van der Waals surface area contributed by atoms with Crippen molar-refractivity contribution in [1.29, 1.82) is 0 Å². The summed E-state index contributed by atoms with van der Waals surface area (Å²) in [6, 6.07) is 1.60. The van der Waals surface area contributed by atoms with Gasteiger partial charge >= 0.3 is 5.97 Å². The fourth-order valence-corrected chi connectivity index (χ4v) is 2.49. The molecule has 18 heavy (non-hydrogen) atoms. The van der Waals surface area contributed by atoms with E-state index in [9.17, 15) is 4.79 Å². The molecule has 5 heteroatoms. The van der Waals surface area contributed by atoms with Crippen molar-refractivity contribution in [3.8, 4) is 0 Å². The Morgan fingerprint density at radius 3 is 2.72 bits per heavy atom. The Labute approximate surface area is 113 Å². The van der Waals surface area contributed by atoms with Gasteiger partial charge in [-0.1, -0.05) is 13.8 Å². The minimum absolute atomic E-state index is 0.229. The van der Waals surface area contributed by atoms with Crippen LogP contribution in [0.25, 0.3) is 0 Å². The largest absolute Gasteiger partial charge is 0.468 e. The zero-order valence-corrected chi connectivity index (χ0v) is 12.1. The second kappa shape index (κ2) is 8.24. The average molecular weight is 270 g/mol. The SMILES string of the molecule is CCN(CC)CCNC(C(=O)OC)c1ccsc1. The molecule has 1 atom stereocenters. The van der Waals surface area contributed by atoms with E-state index in [0.29, 0.717) is 0 Å². The van der Waals surface area contributed by atoms with Gasteiger partial charge in [0.05, 0.1) is 7.11 Å². The summed E-state index contributed by atoms with van der Waals surface area (Å²) in [6.45, 7) is 8.04. The molecule has 0 aliphatic carbocycles. The van der Waals surface area contributed by atoms with E-state index in [-0.39, 0.29) is 12.0 Å². The fraction of sp³-hybridized carbons (Fsp3) is 0.615.